The molecule has 0 heterocycles. The third-order valence-electron chi connectivity index (χ3n) is 2.67. The van der Waals surface area contributed by atoms with Crippen molar-refractivity contribution >= 4 is 6.08 Å². The van der Waals surface area contributed by atoms with Gasteiger partial charge in [-0.1, -0.05) is 49.4 Å². The van der Waals surface area contributed by atoms with Crippen molar-refractivity contribution in [3.05, 3.63) is 42.0 Å². The number of hydrogen-bond donors (Lipinski definition) is 0. The maximum atomic E-state index is 8.79. The molecule has 17 heavy (non-hydrogen) atoms. The first-order chi connectivity index (χ1) is 8.26. The van der Waals surface area contributed by atoms with Gasteiger partial charge in [0.2, 0.25) is 0 Å². The van der Waals surface area contributed by atoms with E-state index in [1.165, 1.54) is 5.56 Å². The Balaban J connectivity index is 2.43. The fourth-order valence-electron chi connectivity index (χ4n) is 1.66. The topological polar surface area (TPSA) is 27.0 Å². The summed E-state index contributed by atoms with van der Waals surface area (Å²) in [5, 5.41) is 8.79. The smallest absolute Gasteiger partial charge is 0.0666 e. The lowest BCUT2D eigenvalue weighted by Crippen LogP contribution is -2.28. The summed E-state index contributed by atoms with van der Waals surface area (Å²) < 4.78 is 0. The van der Waals surface area contributed by atoms with E-state index in [0.29, 0.717) is 0 Å². The maximum absolute atomic E-state index is 8.79. The van der Waals surface area contributed by atoms with Gasteiger partial charge in [-0.05, 0) is 19.0 Å². The summed E-state index contributed by atoms with van der Waals surface area (Å²) >= 11 is 0. The molecule has 0 radical (unpaired) electrons. The van der Waals surface area contributed by atoms with Gasteiger partial charge in [-0.2, -0.15) is 5.26 Å². The first kappa shape index (κ1) is 13.5. The van der Waals surface area contributed by atoms with E-state index in [1.54, 1.807) is 0 Å². The highest BCUT2D eigenvalue weighted by molar-refractivity contribution is 5.48. The number of benzene rings is 1. The van der Waals surface area contributed by atoms with Gasteiger partial charge in [0.1, 0.15) is 0 Å². The molecule has 2 heteroatoms. The van der Waals surface area contributed by atoms with Gasteiger partial charge >= 0.3 is 0 Å². The van der Waals surface area contributed by atoms with Crippen molar-refractivity contribution in [2.45, 2.75) is 13.8 Å². The van der Waals surface area contributed by atoms with Crippen LogP contribution in [0.25, 0.3) is 6.08 Å². The molecule has 0 saturated heterocycles. The standard InChI is InChI=1S/C15H20N2/c1-3-17(13-14(2)12-16)11-7-10-15-8-5-4-6-9-15/h4-10,14H,3,11,13H2,1-2H3/b10-7+. The van der Waals surface area contributed by atoms with Crippen LogP contribution in [0.5, 0.6) is 0 Å². The average molecular weight is 228 g/mol. The summed E-state index contributed by atoms with van der Waals surface area (Å²) in [5.41, 5.74) is 1.22. The highest BCUT2D eigenvalue weighted by Crippen LogP contribution is 2.03. The summed E-state index contributed by atoms with van der Waals surface area (Å²) in [6.07, 6.45) is 4.28. The van der Waals surface area contributed by atoms with E-state index >= 15 is 0 Å². The molecule has 90 valence electrons. The molecule has 0 amide bonds. The molecule has 0 N–H and O–H groups in total. The van der Waals surface area contributed by atoms with E-state index in [2.05, 4.69) is 42.2 Å². The second-order valence-electron chi connectivity index (χ2n) is 4.20. The largest absolute Gasteiger partial charge is 0.299 e. The van der Waals surface area contributed by atoms with Gasteiger partial charge in [0.25, 0.3) is 0 Å². The number of nitriles is 1. The van der Waals surface area contributed by atoms with E-state index < -0.39 is 0 Å². The molecule has 1 atom stereocenters. The van der Waals surface area contributed by atoms with Crippen LogP contribution in [-0.2, 0) is 0 Å². The molecule has 1 aromatic rings. The van der Waals surface area contributed by atoms with Crippen molar-refractivity contribution in [3.63, 3.8) is 0 Å². The molecular weight excluding hydrogens is 208 g/mol. The van der Waals surface area contributed by atoms with Crippen molar-refractivity contribution in [3.8, 4) is 6.07 Å². The van der Waals surface area contributed by atoms with Crippen LogP contribution in [0.2, 0.25) is 0 Å². The number of likely N-dealkylation sites (N-methyl/N-ethyl adjacent to an activating group) is 1. The summed E-state index contributed by atoms with van der Waals surface area (Å²) in [5.74, 6) is 0.0973. The van der Waals surface area contributed by atoms with Crippen LogP contribution in [0.15, 0.2) is 36.4 Å². The molecule has 1 rings (SSSR count). The van der Waals surface area contributed by atoms with Crippen LogP contribution in [0.3, 0.4) is 0 Å². The average Bonchev–Trinajstić information content (AvgIpc) is 2.38. The predicted octanol–water partition coefficient (Wildman–Crippen LogP) is 3.18. The number of nitrogens with zero attached hydrogens (tertiary/aromatic N) is 2. The van der Waals surface area contributed by atoms with E-state index in [0.717, 1.165) is 19.6 Å². The van der Waals surface area contributed by atoms with Gasteiger partial charge in [-0.3, -0.25) is 4.90 Å². The molecule has 1 unspecified atom stereocenters. The minimum atomic E-state index is 0.0973. The van der Waals surface area contributed by atoms with Gasteiger partial charge in [0.05, 0.1) is 12.0 Å². The molecule has 0 bridgehead atoms. The molecule has 1 aromatic carbocycles. The Morgan fingerprint density at radius 2 is 2.06 bits per heavy atom. The molecule has 0 aliphatic heterocycles. The Kier molecular flexibility index (Phi) is 6.06. The number of rotatable bonds is 6. The van der Waals surface area contributed by atoms with Crippen molar-refractivity contribution in [2.75, 3.05) is 19.6 Å². The summed E-state index contributed by atoms with van der Waals surface area (Å²) in [4.78, 5) is 2.27. The molecule has 2 nitrogen and oxygen atoms in total. The molecule has 0 aromatic heterocycles. The molecule has 0 fully saturated rings. The SMILES string of the molecule is CCN(C/C=C/c1ccccc1)CC(C)C#N. The minimum Gasteiger partial charge on any atom is -0.299 e. The van der Waals surface area contributed by atoms with Crippen molar-refractivity contribution in [1.82, 2.24) is 4.90 Å². The Bertz CT molecular complexity index is 376. The molecule has 0 aliphatic carbocycles. The van der Waals surface area contributed by atoms with Crippen LogP contribution >= 0.6 is 0 Å². The summed E-state index contributed by atoms with van der Waals surface area (Å²) in [7, 11) is 0. The monoisotopic (exact) mass is 228 g/mol. The zero-order valence-electron chi connectivity index (χ0n) is 10.6. The first-order valence-electron chi connectivity index (χ1n) is 6.09. The first-order valence-corrected chi connectivity index (χ1v) is 6.09. The summed E-state index contributed by atoms with van der Waals surface area (Å²) in [6.45, 7) is 6.80. The van der Waals surface area contributed by atoms with Gasteiger partial charge in [-0.25, -0.2) is 0 Å². The predicted molar refractivity (Wildman–Crippen MR) is 72.4 cm³/mol. The third-order valence-corrected chi connectivity index (χ3v) is 2.67. The van der Waals surface area contributed by atoms with Crippen molar-refractivity contribution < 1.29 is 0 Å². The van der Waals surface area contributed by atoms with Crippen LogP contribution in [-0.4, -0.2) is 24.5 Å². The Hall–Kier alpha value is -1.59. The van der Waals surface area contributed by atoms with Gasteiger partial charge in [-0.15, -0.1) is 0 Å². The van der Waals surface area contributed by atoms with Crippen molar-refractivity contribution in [1.29, 1.82) is 5.26 Å². The molecular formula is C15H20N2. The minimum absolute atomic E-state index is 0.0973. The fourth-order valence-corrected chi connectivity index (χ4v) is 1.66. The van der Waals surface area contributed by atoms with E-state index in [1.807, 2.05) is 25.1 Å². The maximum Gasteiger partial charge on any atom is 0.0666 e. The molecule has 0 aliphatic rings. The van der Waals surface area contributed by atoms with Gasteiger partial charge < -0.3 is 0 Å². The lowest BCUT2D eigenvalue weighted by atomic mass is 10.2. The fraction of sp³-hybridized carbons (Fsp3) is 0.400. The highest BCUT2D eigenvalue weighted by Gasteiger charge is 2.05. The molecule has 0 spiro atoms. The normalized spacial score (nSPS) is 12.8. The quantitative estimate of drug-likeness (QED) is 0.747. The highest BCUT2D eigenvalue weighted by atomic mass is 15.1. The van der Waals surface area contributed by atoms with Crippen LogP contribution < -0.4 is 0 Å². The molecule has 0 saturated carbocycles. The zero-order valence-corrected chi connectivity index (χ0v) is 10.6. The number of hydrogen-bond acceptors (Lipinski definition) is 2. The Morgan fingerprint density at radius 3 is 2.65 bits per heavy atom. The Morgan fingerprint density at radius 1 is 1.35 bits per heavy atom. The lowest BCUT2D eigenvalue weighted by Gasteiger charge is -2.19. The zero-order chi connectivity index (χ0) is 12.5. The summed E-state index contributed by atoms with van der Waals surface area (Å²) in [6, 6.07) is 12.5. The lowest BCUT2D eigenvalue weighted by molar-refractivity contribution is 0.296. The second-order valence-corrected chi connectivity index (χ2v) is 4.20. The third kappa shape index (κ3) is 5.33. The van der Waals surface area contributed by atoms with Crippen LogP contribution in [0, 0.1) is 17.2 Å². The van der Waals surface area contributed by atoms with Crippen molar-refractivity contribution in [2.24, 2.45) is 5.92 Å². The second kappa shape index (κ2) is 7.65. The van der Waals surface area contributed by atoms with E-state index in [-0.39, 0.29) is 5.92 Å². The van der Waals surface area contributed by atoms with Crippen LogP contribution in [0.4, 0.5) is 0 Å². The van der Waals surface area contributed by atoms with Gasteiger partial charge in [0.15, 0.2) is 0 Å². The Labute approximate surface area is 104 Å². The van der Waals surface area contributed by atoms with Gasteiger partial charge in [0, 0.05) is 13.1 Å². The van der Waals surface area contributed by atoms with E-state index in [9.17, 15) is 0 Å². The van der Waals surface area contributed by atoms with Crippen LogP contribution in [0.1, 0.15) is 19.4 Å². The van der Waals surface area contributed by atoms with E-state index in [4.69, 9.17) is 5.26 Å².